The van der Waals surface area contributed by atoms with Gasteiger partial charge in [-0.25, -0.2) is 0 Å². The van der Waals surface area contributed by atoms with E-state index in [9.17, 15) is 14.4 Å². The number of aromatic nitrogens is 1. The largest absolute Gasteiger partial charge is 0.350 e. The van der Waals surface area contributed by atoms with Crippen LogP contribution in [0, 0.1) is 6.92 Å². The molecule has 1 aromatic heterocycles. The number of hydrogen-bond donors (Lipinski definition) is 2. The van der Waals surface area contributed by atoms with Gasteiger partial charge in [0.15, 0.2) is 0 Å². The molecule has 7 heteroatoms. The zero-order valence-corrected chi connectivity index (χ0v) is 18.6. The molecule has 7 nitrogen and oxygen atoms in total. The number of benzene rings is 2. The summed E-state index contributed by atoms with van der Waals surface area (Å²) in [6.45, 7) is 6.58. The zero-order valence-electron chi connectivity index (χ0n) is 18.6. The lowest BCUT2D eigenvalue weighted by Crippen LogP contribution is -2.64. The van der Waals surface area contributed by atoms with Gasteiger partial charge in [-0.2, -0.15) is 0 Å². The van der Waals surface area contributed by atoms with E-state index in [1.54, 1.807) is 11.8 Å². The normalized spacial score (nSPS) is 17.8. The molecular weight excluding hydrogens is 404 g/mol. The molecule has 32 heavy (non-hydrogen) atoms. The maximum absolute atomic E-state index is 13.2. The van der Waals surface area contributed by atoms with Gasteiger partial charge in [0.1, 0.15) is 11.2 Å². The summed E-state index contributed by atoms with van der Waals surface area (Å²) in [5, 5.41) is 6.52. The number of nitrogens with zero attached hydrogens (tertiary/aromatic N) is 2. The van der Waals surface area contributed by atoms with Crippen molar-refractivity contribution in [2.24, 2.45) is 0 Å². The summed E-state index contributed by atoms with van der Waals surface area (Å²) in [5.74, 6) is -0.808. The van der Waals surface area contributed by atoms with E-state index < -0.39 is 5.54 Å². The highest BCUT2D eigenvalue weighted by Gasteiger charge is 2.46. The average molecular weight is 433 g/mol. The summed E-state index contributed by atoms with van der Waals surface area (Å²) >= 11 is 0. The molecule has 0 saturated heterocycles. The first kappa shape index (κ1) is 21.6. The fraction of sp³-hybridized carbons (Fsp3) is 0.320. The van der Waals surface area contributed by atoms with Crippen molar-refractivity contribution in [3.63, 3.8) is 0 Å². The van der Waals surface area contributed by atoms with Crippen LogP contribution in [0.4, 0.5) is 0 Å². The number of hydrogen-bond acceptors (Lipinski definition) is 3. The Bertz CT molecular complexity index is 1180. The number of carbonyl (C=O) groups excluding carboxylic acids is 3. The zero-order chi connectivity index (χ0) is 22.9. The lowest BCUT2D eigenvalue weighted by atomic mass is 9.95. The lowest BCUT2D eigenvalue weighted by molar-refractivity contribution is -0.134. The standard InChI is InChI=1S/C25H28N4O3/c1-4-29-23(31)21-13-19-7-5-6-8-20(19)28(21)16-25(29,3)24(32)27-15-22(30)26-14-18-11-9-17(2)10-12-18/h5-13H,4,14-16H2,1-3H3,(H,26,30)(H,27,32). The van der Waals surface area contributed by atoms with Gasteiger partial charge in [-0.15, -0.1) is 0 Å². The summed E-state index contributed by atoms with van der Waals surface area (Å²) in [7, 11) is 0. The van der Waals surface area contributed by atoms with Crippen LogP contribution in [0.25, 0.3) is 10.9 Å². The van der Waals surface area contributed by atoms with Crippen LogP contribution in [-0.4, -0.2) is 45.8 Å². The Hall–Kier alpha value is -3.61. The van der Waals surface area contributed by atoms with E-state index in [4.69, 9.17) is 0 Å². The summed E-state index contributed by atoms with van der Waals surface area (Å²) in [6, 6.07) is 17.5. The van der Waals surface area contributed by atoms with Crippen molar-refractivity contribution < 1.29 is 14.4 Å². The highest BCUT2D eigenvalue weighted by atomic mass is 16.2. The number of rotatable bonds is 6. The van der Waals surface area contributed by atoms with E-state index in [0.717, 1.165) is 22.0 Å². The Morgan fingerprint density at radius 3 is 2.50 bits per heavy atom. The Balaban J connectivity index is 1.46. The van der Waals surface area contributed by atoms with E-state index in [-0.39, 0.29) is 24.3 Å². The smallest absolute Gasteiger partial charge is 0.271 e. The quantitative estimate of drug-likeness (QED) is 0.628. The van der Waals surface area contributed by atoms with E-state index in [2.05, 4.69) is 10.6 Å². The minimum Gasteiger partial charge on any atom is -0.350 e. The SMILES string of the molecule is CCN1C(=O)c2cc3ccccc3n2CC1(C)C(=O)NCC(=O)NCc1ccc(C)cc1. The van der Waals surface area contributed by atoms with Crippen LogP contribution in [-0.2, 0) is 22.7 Å². The molecule has 1 atom stereocenters. The summed E-state index contributed by atoms with van der Waals surface area (Å²) in [6.07, 6.45) is 0. The van der Waals surface area contributed by atoms with Crippen molar-refractivity contribution in [3.05, 3.63) is 71.4 Å². The predicted molar refractivity (Wildman–Crippen MR) is 123 cm³/mol. The number of carbonyl (C=O) groups is 3. The molecule has 2 heterocycles. The van der Waals surface area contributed by atoms with Crippen molar-refractivity contribution >= 4 is 28.6 Å². The van der Waals surface area contributed by atoms with Crippen molar-refractivity contribution in [2.75, 3.05) is 13.1 Å². The van der Waals surface area contributed by atoms with Gasteiger partial charge < -0.3 is 20.1 Å². The Labute approximate surface area is 187 Å². The van der Waals surface area contributed by atoms with Crippen LogP contribution in [0.3, 0.4) is 0 Å². The lowest BCUT2D eigenvalue weighted by Gasteiger charge is -2.43. The first-order valence-electron chi connectivity index (χ1n) is 10.8. The maximum Gasteiger partial charge on any atom is 0.271 e. The number of likely N-dealkylation sites (N-methyl/N-ethyl adjacent to an activating group) is 1. The van der Waals surface area contributed by atoms with Crippen LogP contribution < -0.4 is 10.6 Å². The van der Waals surface area contributed by atoms with Gasteiger partial charge in [-0.1, -0.05) is 48.0 Å². The second-order valence-corrected chi connectivity index (χ2v) is 8.44. The van der Waals surface area contributed by atoms with Gasteiger partial charge in [0.25, 0.3) is 5.91 Å². The van der Waals surface area contributed by atoms with Crippen molar-refractivity contribution in [2.45, 2.75) is 39.4 Å². The predicted octanol–water partition coefficient (Wildman–Crippen LogP) is 2.62. The van der Waals surface area contributed by atoms with Gasteiger partial charge >= 0.3 is 0 Å². The van der Waals surface area contributed by atoms with E-state index in [0.29, 0.717) is 25.3 Å². The third-order valence-corrected chi connectivity index (χ3v) is 6.16. The van der Waals surface area contributed by atoms with Crippen LogP contribution in [0.15, 0.2) is 54.6 Å². The molecule has 1 aliphatic heterocycles. The number of nitrogens with one attached hydrogen (secondary N) is 2. The first-order chi connectivity index (χ1) is 15.3. The number of fused-ring (bicyclic) bond motifs is 3. The highest BCUT2D eigenvalue weighted by Crippen LogP contribution is 2.32. The number of para-hydroxylation sites is 1. The van der Waals surface area contributed by atoms with Gasteiger partial charge in [0, 0.05) is 24.0 Å². The first-order valence-corrected chi connectivity index (χ1v) is 10.8. The average Bonchev–Trinajstić information content (AvgIpc) is 3.16. The second kappa shape index (κ2) is 8.49. The fourth-order valence-electron chi connectivity index (χ4n) is 4.32. The summed E-state index contributed by atoms with van der Waals surface area (Å²) in [5.41, 5.74) is 2.54. The Morgan fingerprint density at radius 2 is 1.78 bits per heavy atom. The number of aryl methyl sites for hydroxylation is 1. The number of amides is 3. The molecule has 2 aromatic carbocycles. The van der Waals surface area contributed by atoms with E-state index in [1.165, 1.54) is 0 Å². The van der Waals surface area contributed by atoms with Crippen molar-refractivity contribution in [3.8, 4) is 0 Å². The molecule has 166 valence electrons. The minimum atomic E-state index is -1.10. The molecule has 1 aliphatic rings. The molecular formula is C25H28N4O3. The second-order valence-electron chi connectivity index (χ2n) is 8.44. The molecule has 1 unspecified atom stereocenters. The van der Waals surface area contributed by atoms with Gasteiger partial charge in [-0.05, 0) is 38.5 Å². The van der Waals surface area contributed by atoms with Crippen LogP contribution in [0.5, 0.6) is 0 Å². The molecule has 0 fully saturated rings. The molecule has 4 rings (SSSR count). The Morgan fingerprint density at radius 1 is 1.06 bits per heavy atom. The maximum atomic E-state index is 13.2. The molecule has 0 aliphatic carbocycles. The third-order valence-electron chi connectivity index (χ3n) is 6.16. The van der Waals surface area contributed by atoms with Crippen LogP contribution in [0.2, 0.25) is 0 Å². The minimum absolute atomic E-state index is 0.148. The van der Waals surface area contributed by atoms with Gasteiger partial charge in [0.2, 0.25) is 11.8 Å². The molecule has 3 amide bonds. The van der Waals surface area contributed by atoms with Crippen molar-refractivity contribution in [1.29, 1.82) is 0 Å². The third kappa shape index (κ3) is 3.86. The molecule has 0 bridgehead atoms. The van der Waals surface area contributed by atoms with Crippen LogP contribution in [0.1, 0.15) is 35.5 Å². The summed E-state index contributed by atoms with van der Waals surface area (Å²) < 4.78 is 1.90. The fourth-order valence-corrected chi connectivity index (χ4v) is 4.32. The van der Waals surface area contributed by atoms with Gasteiger partial charge in [-0.3, -0.25) is 14.4 Å². The van der Waals surface area contributed by atoms with E-state index in [1.807, 2.05) is 73.0 Å². The topological polar surface area (TPSA) is 83.4 Å². The highest BCUT2D eigenvalue weighted by molar-refractivity contribution is 6.04. The molecule has 0 saturated carbocycles. The molecule has 0 radical (unpaired) electrons. The monoisotopic (exact) mass is 432 g/mol. The molecule has 2 N–H and O–H groups in total. The van der Waals surface area contributed by atoms with Gasteiger partial charge in [0.05, 0.1) is 13.1 Å². The van der Waals surface area contributed by atoms with Crippen LogP contribution >= 0.6 is 0 Å². The Kier molecular flexibility index (Phi) is 5.74. The van der Waals surface area contributed by atoms with E-state index >= 15 is 0 Å². The van der Waals surface area contributed by atoms with Crippen molar-refractivity contribution in [1.82, 2.24) is 20.1 Å². The molecule has 0 spiro atoms. The molecule has 3 aromatic rings. The summed E-state index contributed by atoms with van der Waals surface area (Å²) in [4.78, 5) is 40.3.